The summed E-state index contributed by atoms with van der Waals surface area (Å²) in [4.78, 5) is 29.2. The number of thiophene rings is 1. The number of amides is 1. The molecule has 7 nitrogen and oxygen atoms in total. The molecule has 0 saturated carbocycles. The van der Waals surface area contributed by atoms with Crippen LogP contribution >= 0.6 is 11.3 Å². The summed E-state index contributed by atoms with van der Waals surface area (Å²) in [5.41, 5.74) is 2.49. The van der Waals surface area contributed by atoms with Gasteiger partial charge in [-0.3, -0.25) is 4.79 Å². The van der Waals surface area contributed by atoms with Crippen LogP contribution < -0.4 is 19.9 Å². The number of nitrogens with one attached hydrogen (secondary N) is 2. The summed E-state index contributed by atoms with van der Waals surface area (Å²) in [6.45, 7) is 7.73. The van der Waals surface area contributed by atoms with Gasteiger partial charge in [-0.05, 0) is 43.7 Å². The van der Waals surface area contributed by atoms with Gasteiger partial charge in [0.15, 0.2) is 6.54 Å². The Hall–Kier alpha value is -2.58. The maximum atomic E-state index is 12.6. The Bertz CT molecular complexity index is 871. The summed E-state index contributed by atoms with van der Waals surface area (Å²) >= 11 is 1.42. The van der Waals surface area contributed by atoms with Gasteiger partial charge in [0, 0.05) is 10.6 Å². The predicted molar refractivity (Wildman–Crippen MR) is 115 cm³/mol. The second-order valence-electron chi connectivity index (χ2n) is 7.14. The summed E-state index contributed by atoms with van der Waals surface area (Å²) in [5.74, 6) is 0.354. The topological polar surface area (TPSA) is 72.3 Å². The SMILES string of the molecule is COC(=O)c1c(NC(=O)C[NH+]2CCN(c3ccc(OC)cc3)CC2)sc(C)c1C. The Labute approximate surface area is 175 Å². The maximum absolute atomic E-state index is 12.6. The van der Waals surface area contributed by atoms with Gasteiger partial charge in [0.2, 0.25) is 0 Å². The molecule has 2 heterocycles. The minimum Gasteiger partial charge on any atom is -0.497 e. The zero-order valence-electron chi connectivity index (χ0n) is 17.3. The van der Waals surface area contributed by atoms with Crippen molar-refractivity contribution in [2.24, 2.45) is 0 Å². The number of anilines is 2. The Morgan fingerprint density at radius 2 is 1.79 bits per heavy atom. The molecule has 0 radical (unpaired) electrons. The molecule has 1 saturated heterocycles. The third-order valence-electron chi connectivity index (χ3n) is 5.35. The minimum atomic E-state index is -0.414. The van der Waals surface area contributed by atoms with E-state index in [9.17, 15) is 9.59 Å². The van der Waals surface area contributed by atoms with Crippen LogP contribution in [0.15, 0.2) is 24.3 Å². The molecular formula is C21H28N3O4S+. The highest BCUT2D eigenvalue weighted by Gasteiger charge is 2.25. The minimum absolute atomic E-state index is 0.0794. The third kappa shape index (κ3) is 4.89. The van der Waals surface area contributed by atoms with E-state index in [0.717, 1.165) is 42.4 Å². The van der Waals surface area contributed by atoms with Crippen molar-refractivity contribution in [2.75, 3.05) is 57.2 Å². The van der Waals surface area contributed by atoms with E-state index in [-0.39, 0.29) is 5.91 Å². The van der Waals surface area contributed by atoms with Gasteiger partial charge in [0.1, 0.15) is 10.8 Å². The molecule has 2 N–H and O–H groups in total. The van der Waals surface area contributed by atoms with Crippen LogP contribution in [-0.2, 0) is 9.53 Å². The lowest BCUT2D eigenvalue weighted by molar-refractivity contribution is -0.892. The van der Waals surface area contributed by atoms with Crippen molar-refractivity contribution in [3.63, 3.8) is 0 Å². The number of ether oxygens (including phenoxy) is 2. The number of carbonyl (C=O) groups is 2. The first-order valence-electron chi connectivity index (χ1n) is 9.63. The summed E-state index contributed by atoms with van der Waals surface area (Å²) in [7, 11) is 3.02. The van der Waals surface area contributed by atoms with Gasteiger partial charge in [-0.2, -0.15) is 0 Å². The van der Waals surface area contributed by atoms with Gasteiger partial charge in [-0.1, -0.05) is 0 Å². The largest absolute Gasteiger partial charge is 0.497 e. The van der Waals surface area contributed by atoms with Gasteiger partial charge in [-0.15, -0.1) is 11.3 Å². The Morgan fingerprint density at radius 1 is 1.14 bits per heavy atom. The molecule has 1 aliphatic rings. The zero-order chi connectivity index (χ0) is 21.0. The first-order valence-corrected chi connectivity index (χ1v) is 10.4. The standard InChI is InChI=1S/C21H27N3O4S/c1-14-15(2)29-20(19(14)21(26)28-4)22-18(25)13-23-9-11-24(12-10-23)16-5-7-17(27-3)8-6-16/h5-8H,9-13H2,1-4H3,(H,22,25)/p+1. The molecule has 156 valence electrons. The number of nitrogens with zero attached hydrogens (tertiary/aromatic N) is 1. The van der Waals surface area contributed by atoms with Crippen LogP contribution in [0, 0.1) is 13.8 Å². The van der Waals surface area contributed by atoms with E-state index in [1.54, 1.807) is 7.11 Å². The van der Waals surface area contributed by atoms with Crippen molar-refractivity contribution in [3.05, 3.63) is 40.3 Å². The quantitative estimate of drug-likeness (QED) is 0.696. The molecule has 0 unspecified atom stereocenters. The molecule has 0 spiro atoms. The molecule has 0 atom stereocenters. The van der Waals surface area contributed by atoms with Gasteiger partial charge >= 0.3 is 5.97 Å². The fraction of sp³-hybridized carbons (Fsp3) is 0.429. The van der Waals surface area contributed by atoms with Crippen LogP contribution in [0.25, 0.3) is 0 Å². The van der Waals surface area contributed by atoms with Crippen LogP contribution in [-0.4, -0.2) is 58.8 Å². The molecule has 8 heteroatoms. The van der Waals surface area contributed by atoms with E-state index in [1.165, 1.54) is 29.0 Å². The zero-order valence-corrected chi connectivity index (χ0v) is 18.1. The van der Waals surface area contributed by atoms with E-state index in [2.05, 4.69) is 22.3 Å². The first-order chi connectivity index (χ1) is 13.9. The average molecular weight is 419 g/mol. The van der Waals surface area contributed by atoms with Crippen molar-refractivity contribution in [1.29, 1.82) is 0 Å². The molecule has 1 aromatic heterocycles. The predicted octanol–water partition coefficient (Wildman–Crippen LogP) is 1.50. The van der Waals surface area contributed by atoms with Crippen molar-refractivity contribution in [2.45, 2.75) is 13.8 Å². The molecular weight excluding hydrogens is 390 g/mol. The van der Waals surface area contributed by atoms with E-state index in [4.69, 9.17) is 9.47 Å². The number of hydrogen-bond acceptors (Lipinski definition) is 6. The summed E-state index contributed by atoms with van der Waals surface area (Å²) in [5, 5.41) is 3.50. The van der Waals surface area contributed by atoms with E-state index < -0.39 is 5.97 Å². The number of rotatable bonds is 6. The van der Waals surface area contributed by atoms with Gasteiger partial charge < -0.3 is 24.6 Å². The van der Waals surface area contributed by atoms with Crippen LogP contribution in [0.2, 0.25) is 0 Å². The van der Waals surface area contributed by atoms with Gasteiger partial charge in [0.25, 0.3) is 5.91 Å². The number of piperazine rings is 1. The summed E-state index contributed by atoms with van der Waals surface area (Å²) in [6.07, 6.45) is 0. The van der Waals surface area contributed by atoms with Crippen molar-refractivity contribution in [1.82, 2.24) is 0 Å². The lowest BCUT2D eigenvalue weighted by atomic mass is 10.1. The molecule has 1 aliphatic heterocycles. The molecule has 3 rings (SSSR count). The van der Waals surface area contributed by atoms with E-state index in [1.807, 2.05) is 26.0 Å². The fourth-order valence-electron chi connectivity index (χ4n) is 3.51. The van der Waals surface area contributed by atoms with Crippen LogP contribution in [0.3, 0.4) is 0 Å². The number of methoxy groups -OCH3 is 2. The maximum Gasteiger partial charge on any atom is 0.341 e. The van der Waals surface area contributed by atoms with Gasteiger partial charge in [0.05, 0.1) is 46.0 Å². The molecule has 0 bridgehead atoms. The monoisotopic (exact) mass is 418 g/mol. The highest BCUT2D eigenvalue weighted by atomic mass is 32.1. The number of esters is 1. The average Bonchev–Trinajstić information content (AvgIpc) is 3.01. The summed E-state index contributed by atoms with van der Waals surface area (Å²) in [6, 6.07) is 8.05. The smallest absolute Gasteiger partial charge is 0.341 e. The highest BCUT2D eigenvalue weighted by molar-refractivity contribution is 7.16. The first kappa shape index (κ1) is 21.1. The molecule has 0 aliphatic carbocycles. The summed E-state index contributed by atoms with van der Waals surface area (Å²) < 4.78 is 10.1. The van der Waals surface area contributed by atoms with Crippen LogP contribution in [0.1, 0.15) is 20.8 Å². The lowest BCUT2D eigenvalue weighted by Gasteiger charge is -2.33. The lowest BCUT2D eigenvalue weighted by Crippen LogP contribution is -3.15. The normalized spacial score (nSPS) is 14.6. The second kappa shape index (κ2) is 9.28. The van der Waals surface area contributed by atoms with Crippen LogP contribution in [0.4, 0.5) is 10.7 Å². The van der Waals surface area contributed by atoms with Crippen molar-refractivity contribution >= 4 is 33.9 Å². The highest BCUT2D eigenvalue weighted by Crippen LogP contribution is 2.32. The van der Waals surface area contributed by atoms with Crippen LogP contribution in [0.5, 0.6) is 5.75 Å². The molecule has 2 aromatic rings. The fourth-order valence-corrected chi connectivity index (χ4v) is 4.58. The molecule has 29 heavy (non-hydrogen) atoms. The number of quaternary nitrogens is 1. The van der Waals surface area contributed by atoms with Gasteiger partial charge in [-0.25, -0.2) is 4.79 Å². The molecule has 1 amide bonds. The number of hydrogen-bond donors (Lipinski definition) is 2. The van der Waals surface area contributed by atoms with E-state index >= 15 is 0 Å². The van der Waals surface area contributed by atoms with E-state index in [0.29, 0.717) is 17.1 Å². The van der Waals surface area contributed by atoms with Crippen molar-refractivity contribution < 1.29 is 24.0 Å². The second-order valence-corrected chi connectivity index (χ2v) is 8.36. The number of aryl methyl sites for hydroxylation is 1. The number of benzene rings is 1. The molecule has 1 fully saturated rings. The number of carbonyl (C=O) groups excluding carboxylic acids is 2. The van der Waals surface area contributed by atoms with Crippen molar-refractivity contribution in [3.8, 4) is 5.75 Å². The Kier molecular flexibility index (Phi) is 6.76. The molecule has 1 aromatic carbocycles. The third-order valence-corrected chi connectivity index (χ3v) is 6.47. The Morgan fingerprint density at radius 3 is 2.38 bits per heavy atom. The Balaban J connectivity index is 1.55.